The van der Waals surface area contributed by atoms with Crippen LogP contribution in [0.2, 0.25) is 0 Å². The Hall–Kier alpha value is -1.10. The van der Waals surface area contributed by atoms with E-state index >= 15 is 0 Å². The van der Waals surface area contributed by atoms with E-state index in [0.29, 0.717) is 11.7 Å². The molecule has 0 aliphatic carbocycles. The first-order valence-corrected chi connectivity index (χ1v) is 7.06. The lowest BCUT2D eigenvalue weighted by Gasteiger charge is -2.45. The Kier molecular flexibility index (Phi) is 3.16. The summed E-state index contributed by atoms with van der Waals surface area (Å²) in [5.74, 6) is 0. The summed E-state index contributed by atoms with van der Waals surface area (Å²) < 4.78 is 0. The van der Waals surface area contributed by atoms with Gasteiger partial charge in [-0.05, 0) is 28.6 Å². The van der Waals surface area contributed by atoms with Gasteiger partial charge in [0.05, 0.1) is 18.3 Å². The van der Waals surface area contributed by atoms with Crippen LogP contribution in [0.15, 0.2) is 11.3 Å². The highest BCUT2D eigenvalue weighted by Gasteiger charge is 2.45. The van der Waals surface area contributed by atoms with Gasteiger partial charge in [-0.15, -0.1) is 0 Å². The third-order valence-electron chi connectivity index (χ3n) is 3.62. The molecule has 0 spiro atoms. The van der Waals surface area contributed by atoms with Crippen molar-refractivity contribution in [2.45, 2.75) is 47.6 Å². The second kappa shape index (κ2) is 4.20. The summed E-state index contributed by atoms with van der Waals surface area (Å²) in [5, 5.41) is 6.73. The molecule has 2 N–H and O–H groups in total. The van der Waals surface area contributed by atoms with Gasteiger partial charge in [-0.2, -0.15) is 0 Å². The molecule has 1 unspecified atom stereocenters. The third kappa shape index (κ3) is 2.36. The molecule has 0 aromatic heterocycles. The standard InChI is InChI=1S/C14H23N3OS/c1-13(2,3)9-8-7-15-11(18)17(8)12(19)16-10(9)14(4,5)6/h10H,7H2,1-6H3,(H,15,18)(H,16,19). The van der Waals surface area contributed by atoms with Crippen LogP contribution in [0.5, 0.6) is 0 Å². The summed E-state index contributed by atoms with van der Waals surface area (Å²) in [4.78, 5) is 13.5. The number of carbonyl (C=O) groups is 1. The van der Waals surface area contributed by atoms with Gasteiger partial charge in [0.15, 0.2) is 5.11 Å². The second-order valence-electron chi connectivity index (χ2n) is 7.35. The lowest BCUT2D eigenvalue weighted by atomic mass is 9.71. The first kappa shape index (κ1) is 14.3. The van der Waals surface area contributed by atoms with Crippen molar-refractivity contribution in [1.29, 1.82) is 0 Å². The van der Waals surface area contributed by atoms with Crippen molar-refractivity contribution in [3.63, 3.8) is 0 Å². The van der Waals surface area contributed by atoms with E-state index in [1.807, 2.05) is 0 Å². The average molecular weight is 281 g/mol. The van der Waals surface area contributed by atoms with Crippen LogP contribution in [-0.2, 0) is 0 Å². The molecule has 0 aromatic rings. The molecule has 19 heavy (non-hydrogen) atoms. The highest BCUT2D eigenvalue weighted by molar-refractivity contribution is 7.80. The molecule has 0 aromatic carbocycles. The van der Waals surface area contributed by atoms with Gasteiger partial charge < -0.3 is 10.6 Å². The summed E-state index contributed by atoms with van der Waals surface area (Å²) in [6.45, 7) is 13.7. The van der Waals surface area contributed by atoms with E-state index in [2.05, 4.69) is 52.2 Å². The fourth-order valence-electron chi connectivity index (χ4n) is 2.81. The number of hydrogen-bond acceptors (Lipinski definition) is 2. The molecule has 106 valence electrons. The van der Waals surface area contributed by atoms with Crippen LogP contribution < -0.4 is 10.6 Å². The van der Waals surface area contributed by atoms with Crippen LogP contribution in [0.1, 0.15) is 41.5 Å². The Balaban J connectivity index is 2.62. The van der Waals surface area contributed by atoms with Crippen molar-refractivity contribution in [2.24, 2.45) is 10.8 Å². The first-order valence-electron chi connectivity index (χ1n) is 6.65. The van der Waals surface area contributed by atoms with Crippen LogP contribution in [0.25, 0.3) is 0 Å². The van der Waals surface area contributed by atoms with Crippen LogP contribution in [0.3, 0.4) is 0 Å². The van der Waals surface area contributed by atoms with Crippen molar-refractivity contribution < 1.29 is 4.79 Å². The van der Waals surface area contributed by atoms with Crippen molar-refractivity contribution in [1.82, 2.24) is 15.5 Å². The van der Waals surface area contributed by atoms with Gasteiger partial charge in [0.1, 0.15) is 0 Å². The van der Waals surface area contributed by atoms with Crippen LogP contribution in [0.4, 0.5) is 4.79 Å². The molecule has 2 heterocycles. The molecule has 1 atom stereocenters. The number of fused-ring (bicyclic) bond motifs is 1. The van der Waals surface area contributed by atoms with Crippen LogP contribution in [-0.4, -0.2) is 28.6 Å². The zero-order valence-electron chi connectivity index (χ0n) is 12.5. The van der Waals surface area contributed by atoms with E-state index in [-0.39, 0.29) is 22.9 Å². The smallest absolute Gasteiger partial charge is 0.328 e. The number of nitrogens with one attached hydrogen (secondary N) is 2. The largest absolute Gasteiger partial charge is 0.355 e. The predicted octanol–water partition coefficient (Wildman–Crippen LogP) is 2.61. The van der Waals surface area contributed by atoms with E-state index in [9.17, 15) is 4.79 Å². The maximum Gasteiger partial charge on any atom is 0.328 e. The van der Waals surface area contributed by atoms with Crippen molar-refractivity contribution in [3.8, 4) is 0 Å². The number of amides is 2. The fourth-order valence-corrected chi connectivity index (χ4v) is 3.12. The minimum atomic E-state index is -0.124. The molecule has 2 rings (SSSR count). The fraction of sp³-hybridized carbons (Fsp3) is 0.714. The van der Waals surface area contributed by atoms with E-state index in [4.69, 9.17) is 12.2 Å². The molecule has 2 amide bonds. The molecule has 1 fully saturated rings. The van der Waals surface area contributed by atoms with Crippen LogP contribution in [0, 0.1) is 10.8 Å². The number of urea groups is 1. The van der Waals surface area contributed by atoms with E-state index in [1.54, 1.807) is 4.90 Å². The SMILES string of the molecule is CC(C)(C)C1=C2CNC(=O)N2C(=S)NC1C(C)(C)C. The topological polar surface area (TPSA) is 44.4 Å². The maximum absolute atomic E-state index is 11.9. The quantitative estimate of drug-likeness (QED) is 0.671. The summed E-state index contributed by atoms with van der Waals surface area (Å²) in [5.41, 5.74) is 2.33. The second-order valence-corrected chi connectivity index (χ2v) is 7.74. The monoisotopic (exact) mass is 281 g/mol. The van der Waals surface area contributed by atoms with Gasteiger partial charge in [-0.3, -0.25) is 0 Å². The number of hydrogen-bond donors (Lipinski definition) is 2. The number of nitrogens with zero attached hydrogens (tertiary/aromatic N) is 1. The third-order valence-corrected chi connectivity index (χ3v) is 3.93. The van der Waals surface area contributed by atoms with Gasteiger partial charge in [0.25, 0.3) is 0 Å². The molecule has 4 nitrogen and oxygen atoms in total. The average Bonchev–Trinajstić information content (AvgIpc) is 2.57. The zero-order valence-corrected chi connectivity index (χ0v) is 13.4. The molecule has 0 saturated carbocycles. The Labute approximate surface area is 120 Å². The first-order chi connectivity index (χ1) is 8.53. The molecule has 2 aliphatic heterocycles. The Morgan fingerprint density at radius 3 is 2.26 bits per heavy atom. The maximum atomic E-state index is 11.9. The molecular formula is C14H23N3OS. The minimum absolute atomic E-state index is 0.0130. The van der Waals surface area contributed by atoms with Crippen molar-refractivity contribution in [2.75, 3.05) is 6.54 Å². The lowest BCUT2D eigenvalue weighted by molar-refractivity contribution is 0.229. The Bertz CT molecular complexity index is 468. The summed E-state index contributed by atoms with van der Waals surface area (Å²) in [7, 11) is 0. The number of thiocarbonyl (C=S) groups is 1. The normalized spacial score (nSPS) is 24.3. The molecule has 1 saturated heterocycles. The molecule has 2 aliphatic rings. The predicted molar refractivity (Wildman–Crippen MR) is 80.7 cm³/mol. The minimum Gasteiger partial charge on any atom is -0.355 e. The summed E-state index contributed by atoms with van der Waals surface area (Å²) in [6.07, 6.45) is 0. The summed E-state index contributed by atoms with van der Waals surface area (Å²) >= 11 is 5.36. The highest BCUT2D eigenvalue weighted by atomic mass is 32.1. The van der Waals surface area contributed by atoms with E-state index in [0.717, 1.165) is 5.70 Å². The van der Waals surface area contributed by atoms with Crippen molar-refractivity contribution >= 4 is 23.4 Å². The molecule has 5 heteroatoms. The van der Waals surface area contributed by atoms with Crippen LogP contribution >= 0.6 is 12.2 Å². The number of rotatable bonds is 0. The van der Waals surface area contributed by atoms with Crippen molar-refractivity contribution in [3.05, 3.63) is 11.3 Å². The van der Waals surface area contributed by atoms with E-state index in [1.165, 1.54) is 5.57 Å². The number of carbonyl (C=O) groups excluding carboxylic acids is 1. The van der Waals surface area contributed by atoms with Gasteiger partial charge in [0.2, 0.25) is 0 Å². The van der Waals surface area contributed by atoms with Gasteiger partial charge in [-0.25, -0.2) is 9.69 Å². The molecule has 0 radical (unpaired) electrons. The zero-order chi connectivity index (χ0) is 14.6. The van der Waals surface area contributed by atoms with E-state index < -0.39 is 0 Å². The molecular weight excluding hydrogens is 258 g/mol. The van der Waals surface area contributed by atoms with Gasteiger partial charge in [-0.1, -0.05) is 41.5 Å². The molecule has 0 bridgehead atoms. The summed E-state index contributed by atoms with van der Waals surface area (Å²) in [6, 6.07) is 0.0283. The van der Waals surface area contributed by atoms with Gasteiger partial charge >= 0.3 is 6.03 Å². The van der Waals surface area contributed by atoms with Gasteiger partial charge in [0, 0.05) is 0 Å². The Morgan fingerprint density at radius 2 is 1.79 bits per heavy atom. The highest BCUT2D eigenvalue weighted by Crippen LogP contribution is 2.41. The lowest BCUT2D eigenvalue weighted by Crippen LogP contribution is -2.57. The Morgan fingerprint density at radius 1 is 1.21 bits per heavy atom.